The zero-order valence-corrected chi connectivity index (χ0v) is 12.3. The average molecular weight is 305 g/mol. The summed E-state index contributed by atoms with van der Waals surface area (Å²) in [6.45, 7) is 4.29. The van der Waals surface area contributed by atoms with E-state index in [4.69, 9.17) is 16.3 Å². The monoisotopic (exact) mass is 304 g/mol. The zero-order chi connectivity index (χ0) is 13.8. The molecule has 0 saturated carbocycles. The molecule has 1 saturated heterocycles. The summed E-state index contributed by atoms with van der Waals surface area (Å²) in [6, 6.07) is -0.0832. The SMILES string of the molecule is CCCN(Cc1ncc(Cl)s1)C1COCC1C(=O)O. The van der Waals surface area contributed by atoms with E-state index >= 15 is 0 Å². The molecule has 0 radical (unpaired) electrons. The molecule has 1 N–H and O–H groups in total. The van der Waals surface area contributed by atoms with Gasteiger partial charge in [0, 0.05) is 6.04 Å². The number of nitrogens with zero attached hydrogens (tertiary/aromatic N) is 2. The Labute approximate surface area is 121 Å². The van der Waals surface area contributed by atoms with Crippen LogP contribution in [-0.4, -0.2) is 46.8 Å². The molecule has 2 heterocycles. The van der Waals surface area contributed by atoms with E-state index in [9.17, 15) is 9.90 Å². The lowest BCUT2D eigenvalue weighted by Crippen LogP contribution is -2.43. The Morgan fingerprint density at radius 2 is 2.47 bits per heavy atom. The topological polar surface area (TPSA) is 62.7 Å². The standard InChI is InChI=1S/C12H17ClN2O3S/c1-2-3-15(5-11-14-4-10(13)19-11)9-7-18-6-8(9)12(16)17/h4,8-9H,2-3,5-7H2,1H3,(H,16,17). The Hall–Kier alpha value is -0.690. The Kier molecular flexibility index (Phi) is 5.15. The Bertz CT molecular complexity index is 440. The zero-order valence-electron chi connectivity index (χ0n) is 10.7. The minimum absolute atomic E-state index is 0.0832. The van der Waals surface area contributed by atoms with Gasteiger partial charge in [-0.05, 0) is 13.0 Å². The lowest BCUT2D eigenvalue weighted by atomic mass is 10.0. The Balaban J connectivity index is 2.08. The number of carboxylic acids is 1. The van der Waals surface area contributed by atoms with Gasteiger partial charge in [-0.1, -0.05) is 18.5 Å². The number of ether oxygens (including phenoxy) is 1. The van der Waals surface area contributed by atoms with Gasteiger partial charge >= 0.3 is 5.97 Å². The second kappa shape index (κ2) is 6.65. The second-order valence-electron chi connectivity index (χ2n) is 4.58. The van der Waals surface area contributed by atoms with E-state index in [1.54, 1.807) is 6.20 Å². The normalized spacial score (nSPS) is 23.1. The molecule has 5 nitrogen and oxygen atoms in total. The molecule has 0 aromatic carbocycles. The molecular formula is C12H17ClN2O3S. The predicted octanol–water partition coefficient (Wildman–Crippen LogP) is 2.11. The summed E-state index contributed by atoms with van der Waals surface area (Å²) >= 11 is 7.31. The summed E-state index contributed by atoms with van der Waals surface area (Å²) in [4.78, 5) is 17.6. The molecule has 19 heavy (non-hydrogen) atoms. The number of aliphatic carboxylic acids is 1. The van der Waals surface area contributed by atoms with E-state index in [1.807, 2.05) is 0 Å². The summed E-state index contributed by atoms with van der Waals surface area (Å²) in [7, 11) is 0. The number of carbonyl (C=O) groups is 1. The first-order valence-electron chi connectivity index (χ1n) is 6.26. The fraction of sp³-hybridized carbons (Fsp3) is 0.667. The van der Waals surface area contributed by atoms with Gasteiger partial charge in [-0.25, -0.2) is 4.98 Å². The molecule has 1 aliphatic heterocycles. The van der Waals surface area contributed by atoms with E-state index in [0.29, 0.717) is 24.1 Å². The van der Waals surface area contributed by atoms with Crippen LogP contribution in [0, 0.1) is 5.92 Å². The van der Waals surface area contributed by atoms with Crippen LogP contribution in [-0.2, 0) is 16.1 Å². The van der Waals surface area contributed by atoms with Crippen molar-refractivity contribution >= 4 is 28.9 Å². The average Bonchev–Trinajstić information content (AvgIpc) is 2.97. The van der Waals surface area contributed by atoms with Gasteiger partial charge in [-0.15, -0.1) is 11.3 Å². The quantitative estimate of drug-likeness (QED) is 0.872. The van der Waals surface area contributed by atoms with E-state index in [-0.39, 0.29) is 6.04 Å². The third-order valence-corrected chi connectivity index (χ3v) is 4.31. The number of hydrogen-bond acceptors (Lipinski definition) is 5. The summed E-state index contributed by atoms with van der Waals surface area (Å²) in [5, 5.41) is 10.1. The summed E-state index contributed by atoms with van der Waals surface area (Å²) in [5.41, 5.74) is 0. The van der Waals surface area contributed by atoms with Crippen molar-refractivity contribution in [2.75, 3.05) is 19.8 Å². The maximum Gasteiger partial charge on any atom is 0.310 e. The third-order valence-electron chi connectivity index (χ3n) is 3.21. The number of carboxylic acid groups (broad SMARTS) is 1. The summed E-state index contributed by atoms with van der Waals surface area (Å²) in [5.74, 6) is -1.25. The van der Waals surface area contributed by atoms with Crippen LogP contribution in [0.5, 0.6) is 0 Å². The highest BCUT2D eigenvalue weighted by atomic mass is 35.5. The van der Waals surface area contributed by atoms with Gasteiger partial charge in [0.05, 0.1) is 31.9 Å². The van der Waals surface area contributed by atoms with Crippen molar-refractivity contribution in [3.05, 3.63) is 15.5 Å². The van der Waals surface area contributed by atoms with Gasteiger partial charge in [0.15, 0.2) is 0 Å². The molecule has 1 aromatic heterocycles. The van der Waals surface area contributed by atoms with Crippen molar-refractivity contribution in [2.45, 2.75) is 25.9 Å². The highest BCUT2D eigenvalue weighted by Crippen LogP contribution is 2.25. The van der Waals surface area contributed by atoms with Crippen LogP contribution in [0.25, 0.3) is 0 Å². The van der Waals surface area contributed by atoms with Gasteiger partial charge in [0.2, 0.25) is 0 Å². The van der Waals surface area contributed by atoms with Crippen molar-refractivity contribution in [1.82, 2.24) is 9.88 Å². The molecule has 2 rings (SSSR count). The van der Waals surface area contributed by atoms with Gasteiger partial charge < -0.3 is 9.84 Å². The Morgan fingerprint density at radius 1 is 1.68 bits per heavy atom. The molecule has 1 fully saturated rings. The van der Waals surface area contributed by atoms with E-state index < -0.39 is 11.9 Å². The number of rotatable bonds is 6. The number of thiazole rings is 1. The predicted molar refractivity (Wildman–Crippen MR) is 73.6 cm³/mol. The molecule has 2 unspecified atom stereocenters. The molecule has 106 valence electrons. The van der Waals surface area contributed by atoms with Crippen LogP contribution in [0.2, 0.25) is 4.34 Å². The minimum atomic E-state index is -0.791. The van der Waals surface area contributed by atoms with Gasteiger partial charge in [-0.2, -0.15) is 0 Å². The van der Waals surface area contributed by atoms with Crippen LogP contribution in [0.15, 0.2) is 6.20 Å². The maximum absolute atomic E-state index is 11.2. The first-order chi connectivity index (χ1) is 9.11. The third kappa shape index (κ3) is 3.66. The molecule has 7 heteroatoms. The maximum atomic E-state index is 11.2. The van der Waals surface area contributed by atoms with Crippen molar-refractivity contribution in [2.24, 2.45) is 5.92 Å². The number of halogens is 1. The summed E-state index contributed by atoms with van der Waals surface area (Å²) in [6.07, 6.45) is 2.59. The number of hydrogen-bond donors (Lipinski definition) is 1. The lowest BCUT2D eigenvalue weighted by molar-refractivity contribution is -0.143. The molecular weight excluding hydrogens is 288 g/mol. The van der Waals surface area contributed by atoms with Gasteiger partial charge in [0.1, 0.15) is 9.34 Å². The highest BCUT2D eigenvalue weighted by molar-refractivity contribution is 7.15. The van der Waals surface area contributed by atoms with Gasteiger partial charge in [-0.3, -0.25) is 9.69 Å². The fourth-order valence-corrected chi connectivity index (χ4v) is 3.31. The van der Waals surface area contributed by atoms with Crippen LogP contribution < -0.4 is 0 Å². The summed E-state index contributed by atoms with van der Waals surface area (Å²) < 4.78 is 5.99. The molecule has 0 bridgehead atoms. The van der Waals surface area contributed by atoms with Gasteiger partial charge in [0.25, 0.3) is 0 Å². The molecule has 1 aromatic rings. The van der Waals surface area contributed by atoms with Crippen molar-refractivity contribution in [3.8, 4) is 0 Å². The van der Waals surface area contributed by atoms with Crippen molar-refractivity contribution < 1.29 is 14.6 Å². The molecule has 0 aliphatic carbocycles. The number of aromatic nitrogens is 1. The first kappa shape index (κ1) is 14.7. The van der Waals surface area contributed by atoms with Crippen molar-refractivity contribution in [3.63, 3.8) is 0 Å². The molecule has 0 spiro atoms. The Morgan fingerprint density at radius 3 is 3.05 bits per heavy atom. The second-order valence-corrected chi connectivity index (χ2v) is 6.32. The van der Waals surface area contributed by atoms with E-state index in [0.717, 1.165) is 18.0 Å². The largest absolute Gasteiger partial charge is 0.481 e. The highest BCUT2D eigenvalue weighted by Gasteiger charge is 2.37. The van der Waals surface area contributed by atoms with Crippen LogP contribution >= 0.6 is 22.9 Å². The van der Waals surface area contributed by atoms with Crippen molar-refractivity contribution in [1.29, 1.82) is 0 Å². The molecule has 1 aliphatic rings. The first-order valence-corrected chi connectivity index (χ1v) is 7.46. The molecule has 2 atom stereocenters. The molecule has 0 amide bonds. The van der Waals surface area contributed by atoms with E-state index in [2.05, 4.69) is 16.8 Å². The fourth-order valence-electron chi connectivity index (χ4n) is 2.32. The smallest absolute Gasteiger partial charge is 0.310 e. The van der Waals surface area contributed by atoms with Crippen LogP contribution in [0.1, 0.15) is 18.4 Å². The van der Waals surface area contributed by atoms with E-state index in [1.165, 1.54) is 11.3 Å². The minimum Gasteiger partial charge on any atom is -0.481 e. The van der Waals surface area contributed by atoms with Crippen LogP contribution in [0.3, 0.4) is 0 Å². The van der Waals surface area contributed by atoms with Crippen LogP contribution in [0.4, 0.5) is 0 Å². The lowest BCUT2D eigenvalue weighted by Gasteiger charge is -2.29.